The van der Waals surface area contributed by atoms with Crippen molar-refractivity contribution in [2.75, 3.05) is 5.43 Å². The van der Waals surface area contributed by atoms with E-state index in [2.05, 4.69) is 41.6 Å². The summed E-state index contributed by atoms with van der Waals surface area (Å²) >= 11 is 0. The van der Waals surface area contributed by atoms with Crippen LogP contribution in [0.3, 0.4) is 0 Å². The SMILES string of the molecule is CCc1cccc2cc(C)c(NN)nc12. The summed E-state index contributed by atoms with van der Waals surface area (Å²) in [5.41, 5.74) is 5.99. The maximum atomic E-state index is 5.42. The van der Waals surface area contributed by atoms with E-state index in [1.807, 2.05) is 6.92 Å². The van der Waals surface area contributed by atoms with Crippen molar-refractivity contribution in [2.45, 2.75) is 20.3 Å². The van der Waals surface area contributed by atoms with Gasteiger partial charge in [0.05, 0.1) is 5.52 Å². The number of aryl methyl sites for hydroxylation is 2. The van der Waals surface area contributed by atoms with E-state index in [1.165, 1.54) is 10.9 Å². The molecule has 0 radical (unpaired) electrons. The number of nitrogens with two attached hydrogens (primary N) is 1. The smallest absolute Gasteiger partial charge is 0.143 e. The van der Waals surface area contributed by atoms with Gasteiger partial charge in [-0.3, -0.25) is 0 Å². The Morgan fingerprint density at radius 3 is 2.87 bits per heavy atom. The van der Waals surface area contributed by atoms with Crippen molar-refractivity contribution in [3.63, 3.8) is 0 Å². The Morgan fingerprint density at radius 1 is 1.40 bits per heavy atom. The summed E-state index contributed by atoms with van der Waals surface area (Å²) in [6.07, 6.45) is 0.984. The summed E-state index contributed by atoms with van der Waals surface area (Å²) < 4.78 is 0. The Kier molecular flexibility index (Phi) is 2.56. The first-order chi connectivity index (χ1) is 7.26. The van der Waals surface area contributed by atoms with Gasteiger partial charge in [-0.15, -0.1) is 0 Å². The van der Waals surface area contributed by atoms with Crippen LogP contribution in [0.4, 0.5) is 5.82 Å². The van der Waals surface area contributed by atoms with Gasteiger partial charge in [0, 0.05) is 5.39 Å². The molecule has 0 atom stereocenters. The second-order valence-electron chi connectivity index (χ2n) is 3.64. The number of anilines is 1. The molecule has 2 rings (SSSR count). The van der Waals surface area contributed by atoms with E-state index in [9.17, 15) is 0 Å². The molecule has 0 saturated carbocycles. The lowest BCUT2D eigenvalue weighted by atomic mass is 10.1. The number of benzene rings is 1. The first-order valence-corrected chi connectivity index (χ1v) is 5.12. The number of hydrazine groups is 1. The van der Waals surface area contributed by atoms with Crippen molar-refractivity contribution in [3.05, 3.63) is 35.4 Å². The number of aromatic nitrogens is 1. The van der Waals surface area contributed by atoms with E-state index >= 15 is 0 Å². The lowest BCUT2D eigenvalue weighted by Crippen LogP contribution is -2.10. The molecule has 0 aliphatic carbocycles. The number of para-hydroxylation sites is 1. The molecule has 0 aliphatic rings. The number of nitrogens with one attached hydrogen (secondary N) is 1. The third-order valence-electron chi connectivity index (χ3n) is 2.64. The summed E-state index contributed by atoms with van der Waals surface area (Å²) in [6.45, 7) is 4.13. The molecule has 0 saturated heterocycles. The zero-order valence-electron chi connectivity index (χ0n) is 9.04. The van der Waals surface area contributed by atoms with Gasteiger partial charge >= 0.3 is 0 Å². The van der Waals surface area contributed by atoms with Gasteiger partial charge in [0.15, 0.2) is 0 Å². The van der Waals surface area contributed by atoms with E-state index in [0.29, 0.717) is 0 Å². The van der Waals surface area contributed by atoms with Gasteiger partial charge in [-0.25, -0.2) is 10.8 Å². The normalized spacial score (nSPS) is 10.6. The third-order valence-corrected chi connectivity index (χ3v) is 2.64. The quantitative estimate of drug-likeness (QED) is 0.579. The summed E-state index contributed by atoms with van der Waals surface area (Å²) in [7, 11) is 0. The van der Waals surface area contributed by atoms with Crippen LogP contribution in [0, 0.1) is 6.92 Å². The van der Waals surface area contributed by atoms with E-state index in [-0.39, 0.29) is 0 Å². The second-order valence-corrected chi connectivity index (χ2v) is 3.64. The molecule has 0 unspecified atom stereocenters. The van der Waals surface area contributed by atoms with Crippen molar-refractivity contribution in [3.8, 4) is 0 Å². The van der Waals surface area contributed by atoms with Crippen LogP contribution in [-0.4, -0.2) is 4.98 Å². The monoisotopic (exact) mass is 201 g/mol. The highest BCUT2D eigenvalue weighted by Crippen LogP contribution is 2.22. The van der Waals surface area contributed by atoms with E-state index in [1.54, 1.807) is 0 Å². The Labute approximate surface area is 89.3 Å². The van der Waals surface area contributed by atoms with Gasteiger partial charge in [-0.2, -0.15) is 0 Å². The Bertz CT molecular complexity index is 491. The Morgan fingerprint density at radius 2 is 2.20 bits per heavy atom. The van der Waals surface area contributed by atoms with Crippen LogP contribution in [-0.2, 0) is 6.42 Å². The van der Waals surface area contributed by atoms with Crippen molar-refractivity contribution in [1.29, 1.82) is 0 Å². The molecular weight excluding hydrogens is 186 g/mol. The number of hydrogen-bond donors (Lipinski definition) is 2. The third kappa shape index (κ3) is 1.66. The Balaban J connectivity index is 2.76. The van der Waals surface area contributed by atoms with Crippen LogP contribution in [0.5, 0.6) is 0 Å². The fraction of sp³-hybridized carbons (Fsp3) is 0.250. The minimum atomic E-state index is 0.753. The van der Waals surface area contributed by atoms with Gasteiger partial charge in [0.1, 0.15) is 5.82 Å². The molecule has 0 spiro atoms. The number of pyridine rings is 1. The molecule has 3 heteroatoms. The fourth-order valence-corrected chi connectivity index (χ4v) is 1.80. The predicted molar refractivity (Wildman–Crippen MR) is 63.7 cm³/mol. The number of fused-ring (bicyclic) bond motifs is 1. The predicted octanol–water partition coefficient (Wildman–Crippen LogP) is 2.39. The maximum absolute atomic E-state index is 5.42. The average Bonchev–Trinajstić information content (AvgIpc) is 2.27. The number of nitrogens with zero attached hydrogens (tertiary/aromatic N) is 1. The first-order valence-electron chi connectivity index (χ1n) is 5.12. The first kappa shape index (κ1) is 9.93. The minimum Gasteiger partial charge on any atom is -0.308 e. The van der Waals surface area contributed by atoms with Gasteiger partial charge in [-0.05, 0) is 30.5 Å². The highest BCUT2D eigenvalue weighted by Gasteiger charge is 2.04. The summed E-state index contributed by atoms with van der Waals surface area (Å²) in [6, 6.07) is 8.36. The molecular formula is C12H15N3. The minimum absolute atomic E-state index is 0.753. The number of nitrogen functional groups attached to an aromatic ring is 1. The largest absolute Gasteiger partial charge is 0.308 e. The van der Waals surface area contributed by atoms with Crippen LogP contribution in [0.2, 0.25) is 0 Å². The molecule has 1 aromatic carbocycles. The van der Waals surface area contributed by atoms with Crippen LogP contribution in [0.25, 0.3) is 10.9 Å². The molecule has 15 heavy (non-hydrogen) atoms. The molecule has 78 valence electrons. The molecule has 0 amide bonds. The lowest BCUT2D eigenvalue weighted by molar-refractivity contribution is 1.14. The summed E-state index contributed by atoms with van der Waals surface area (Å²) in [4.78, 5) is 4.53. The van der Waals surface area contributed by atoms with Crippen LogP contribution < -0.4 is 11.3 Å². The fourth-order valence-electron chi connectivity index (χ4n) is 1.80. The van der Waals surface area contributed by atoms with Gasteiger partial charge in [0.2, 0.25) is 0 Å². The molecule has 0 aliphatic heterocycles. The lowest BCUT2D eigenvalue weighted by Gasteiger charge is -2.08. The standard InChI is InChI=1S/C12H15N3/c1-3-9-5-4-6-10-7-8(2)12(15-13)14-11(9)10/h4-7H,3,13H2,1-2H3,(H,14,15). The second kappa shape index (κ2) is 3.87. The average molecular weight is 201 g/mol. The molecule has 1 aromatic heterocycles. The molecule has 3 nitrogen and oxygen atoms in total. The molecule has 0 bridgehead atoms. The van der Waals surface area contributed by atoms with Crippen molar-refractivity contribution < 1.29 is 0 Å². The topological polar surface area (TPSA) is 50.9 Å². The zero-order chi connectivity index (χ0) is 10.8. The van der Waals surface area contributed by atoms with Gasteiger partial charge in [0.25, 0.3) is 0 Å². The van der Waals surface area contributed by atoms with Crippen LogP contribution in [0.1, 0.15) is 18.1 Å². The maximum Gasteiger partial charge on any atom is 0.143 e. The molecule has 0 fully saturated rings. The van der Waals surface area contributed by atoms with Crippen molar-refractivity contribution in [2.24, 2.45) is 5.84 Å². The van der Waals surface area contributed by atoms with E-state index in [4.69, 9.17) is 5.84 Å². The highest BCUT2D eigenvalue weighted by molar-refractivity contribution is 5.84. The number of rotatable bonds is 2. The molecule has 1 heterocycles. The van der Waals surface area contributed by atoms with Crippen molar-refractivity contribution in [1.82, 2.24) is 4.98 Å². The van der Waals surface area contributed by atoms with E-state index < -0.39 is 0 Å². The van der Waals surface area contributed by atoms with Gasteiger partial charge in [-0.1, -0.05) is 25.1 Å². The summed E-state index contributed by atoms with van der Waals surface area (Å²) in [5, 5.41) is 1.17. The Hall–Kier alpha value is -1.61. The molecule has 2 aromatic rings. The summed E-state index contributed by atoms with van der Waals surface area (Å²) in [5.74, 6) is 6.17. The highest BCUT2D eigenvalue weighted by atomic mass is 15.2. The van der Waals surface area contributed by atoms with Crippen LogP contribution >= 0.6 is 0 Å². The van der Waals surface area contributed by atoms with E-state index in [0.717, 1.165) is 23.3 Å². The van der Waals surface area contributed by atoms with Crippen LogP contribution in [0.15, 0.2) is 24.3 Å². The zero-order valence-corrected chi connectivity index (χ0v) is 9.04. The number of hydrogen-bond acceptors (Lipinski definition) is 3. The molecule has 3 N–H and O–H groups in total. The van der Waals surface area contributed by atoms with Gasteiger partial charge < -0.3 is 5.43 Å². The van der Waals surface area contributed by atoms with Crippen molar-refractivity contribution >= 4 is 16.7 Å².